The molecular weight excluding hydrogens is 284 g/mol. The van der Waals surface area contributed by atoms with Crippen LogP contribution in [0.4, 0.5) is 0 Å². The zero-order valence-electron chi connectivity index (χ0n) is 11.9. The Bertz CT molecular complexity index is 815. The summed E-state index contributed by atoms with van der Waals surface area (Å²) < 4.78 is 1.67. The van der Waals surface area contributed by atoms with Gasteiger partial charge in [-0.25, -0.2) is 0 Å². The van der Waals surface area contributed by atoms with Crippen LogP contribution in [-0.2, 0) is 0 Å². The molecular formula is C17H15ClN2O. The summed E-state index contributed by atoms with van der Waals surface area (Å²) in [6.45, 7) is 3.95. The Morgan fingerprint density at radius 1 is 1.14 bits per heavy atom. The zero-order valence-corrected chi connectivity index (χ0v) is 12.6. The van der Waals surface area contributed by atoms with Gasteiger partial charge in [0, 0.05) is 11.6 Å². The molecule has 0 amide bonds. The van der Waals surface area contributed by atoms with Crippen LogP contribution in [0.25, 0.3) is 10.8 Å². The molecule has 0 aliphatic heterocycles. The number of fused-ring (bicyclic) bond motifs is 1. The van der Waals surface area contributed by atoms with E-state index in [2.05, 4.69) is 5.10 Å². The third kappa shape index (κ3) is 2.34. The molecule has 0 saturated heterocycles. The SMILES string of the molecule is CC(C)n1ncc(Cl)c1C(=O)c1cccc2ccccc12. The van der Waals surface area contributed by atoms with Gasteiger partial charge in [-0.05, 0) is 24.6 Å². The Balaban J connectivity index is 2.20. The Hall–Kier alpha value is -2.13. The van der Waals surface area contributed by atoms with Gasteiger partial charge in [0.1, 0.15) is 5.69 Å². The molecule has 2 aromatic carbocycles. The van der Waals surface area contributed by atoms with Crippen molar-refractivity contribution in [1.82, 2.24) is 9.78 Å². The first-order chi connectivity index (χ1) is 10.1. The number of ketones is 1. The summed E-state index contributed by atoms with van der Waals surface area (Å²) in [6.07, 6.45) is 1.53. The number of hydrogen-bond acceptors (Lipinski definition) is 2. The first-order valence-corrected chi connectivity index (χ1v) is 7.23. The van der Waals surface area contributed by atoms with E-state index in [9.17, 15) is 4.79 Å². The van der Waals surface area contributed by atoms with Crippen molar-refractivity contribution in [2.75, 3.05) is 0 Å². The smallest absolute Gasteiger partial charge is 0.213 e. The summed E-state index contributed by atoms with van der Waals surface area (Å²) in [7, 11) is 0. The van der Waals surface area contributed by atoms with Gasteiger partial charge in [-0.3, -0.25) is 9.48 Å². The van der Waals surface area contributed by atoms with Gasteiger partial charge in [-0.2, -0.15) is 5.10 Å². The fourth-order valence-electron chi connectivity index (χ4n) is 2.50. The van der Waals surface area contributed by atoms with Crippen molar-refractivity contribution in [2.45, 2.75) is 19.9 Å². The molecule has 0 radical (unpaired) electrons. The molecule has 4 heteroatoms. The Kier molecular flexibility index (Phi) is 3.52. The minimum Gasteiger partial charge on any atom is -0.287 e. The largest absolute Gasteiger partial charge is 0.287 e. The van der Waals surface area contributed by atoms with Gasteiger partial charge in [0.15, 0.2) is 0 Å². The highest BCUT2D eigenvalue weighted by molar-refractivity contribution is 6.35. The standard InChI is InChI=1S/C17H15ClN2O/c1-11(2)20-16(15(18)10-19-20)17(21)14-9-5-7-12-6-3-4-8-13(12)14/h3-11H,1-2H3. The number of carbonyl (C=O) groups is 1. The quantitative estimate of drug-likeness (QED) is 0.667. The lowest BCUT2D eigenvalue weighted by Gasteiger charge is -2.11. The van der Waals surface area contributed by atoms with Gasteiger partial charge in [-0.1, -0.05) is 54.1 Å². The zero-order chi connectivity index (χ0) is 15.0. The van der Waals surface area contributed by atoms with Crippen LogP contribution >= 0.6 is 11.6 Å². The third-order valence-electron chi connectivity index (χ3n) is 3.49. The highest BCUT2D eigenvalue weighted by atomic mass is 35.5. The van der Waals surface area contributed by atoms with E-state index in [0.29, 0.717) is 16.3 Å². The van der Waals surface area contributed by atoms with Crippen LogP contribution in [0, 0.1) is 0 Å². The minimum atomic E-state index is -0.0944. The monoisotopic (exact) mass is 298 g/mol. The summed E-state index contributed by atoms with van der Waals surface area (Å²) in [5, 5.41) is 6.56. The Morgan fingerprint density at radius 2 is 1.86 bits per heavy atom. The molecule has 1 aromatic heterocycles. The van der Waals surface area contributed by atoms with Gasteiger partial charge < -0.3 is 0 Å². The number of halogens is 1. The van der Waals surface area contributed by atoms with Crippen LogP contribution in [0.3, 0.4) is 0 Å². The van der Waals surface area contributed by atoms with Crippen LogP contribution in [0.2, 0.25) is 5.02 Å². The lowest BCUT2D eigenvalue weighted by atomic mass is 10.00. The number of benzene rings is 2. The van der Waals surface area contributed by atoms with Crippen LogP contribution in [0.15, 0.2) is 48.7 Å². The third-order valence-corrected chi connectivity index (χ3v) is 3.77. The molecule has 1 heterocycles. The molecule has 3 rings (SSSR count). The molecule has 0 bridgehead atoms. The van der Waals surface area contributed by atoms with Gasteiger partial charge in [0.05, 0.1) is 11.2 Å². The predicted octanol–water partition coefficient (Wildman–Crippen LogP) is 4.50. The van der Waals surface area contributed by atoms with Crippen LogP contribution in [0.1, 0.15) is 35.9 Å². The van der Waals surface area contributed by atoms with E-state index < -0.39 is 0 Å². The van der Waals surface area contributed by atoms with E-state index in [0.717, 1.165) is 10.8 Å². The van der Waals surface area contributed by atoms with Crippen molar-refractivity contribution < 1.29 is 4.79 Å². The number of aromatic nitrogens is 2. The summed E-state index contributed by atoms with van der Waals surface area (Å²) in [5.74, 6) is -0.0944. The van der Waals surface area contributed by atoms with Crippen LogP contribution in [0.5, 0.6) is 0 Å². The van der Waals surface area contributed by atoms with Gasteiger partial charge in [-0.15, -0.1) is 0 Å². The average Bonchev–Trinajstić information content (AvgIpc) is 2.88. The molecule has 0 N–H and O–H groups in total. The summed E-state index contributed by atoms with van der Waals surface area (Å²) >= 11 is 6.18. The highest BCUT2D eigenvalue weighted by Crippen LogP contribution is 2.26. The number of rotatable bonds is 3. The maximum Gasteiger partial charge on any atom is 0.213 e. The van der Waals surface area contributed by atoms with E-state index in [1.54, 1.807) is 4.68 Å². The summed E-state index contributed by atoms with van der Waals surface area (Å²) in [6, 6.07) is 13.6. The van der Waals surface area contributed by atoms with Crippen LogP contribution < -0.4 is 0 Å². The number of nitrogens with zero attached hydrogens (tertiary/aromatic N) is 2. The van der Waals surface area contributed by atoms with E-state index in [1.807, 2.05) is 56.3 Å². The van der Waals surface area contributed by atoms with E-state index in [-0.39, 0.29) is 11.8 Å². The highest BCUT2D eigenvalue weighted by Gasteiger charge is 2.21. The second-order valence-electron chi connectivity index (χ2n) is 5.24. The molecule has 0 aliphatic rings. The molecule has 0 unspecified atom stereocenters. The molecule has 3 aromatic rings. The second kappa shape index (κ2) is 5.34. The van der Waals surface area contributed by atoms with E-state index >= 15 is 0 Å². The Labute approximate surface area is 128 Å². The fraction of sp³-hybridized carbons (Fsp3) is 0.176. The average molecular weight is 299 g/mol. The normalized spacial score (nSPS) is 11.2. The minimum absolute atomic E-state index is 0.0754. The van der Waals surface area contributed by atoms with Gasteiger partial charge in [0.25, 0.3) is 0 Å². The van der Waals surface area contributed by atoms with Crippen molar-refractivity contribution in [3.63, 3.8) is 0 Å². The first kappa shape index (κ1) is 13.8. The lowest BCUT2D eigenvalue weighted by Crippen LogP contribution is -2.14. The van der Waals surface area contributed by atoms with Gasteiger partial charge >= 0.3 is 0 Å². The molecule has 0 spiro atoms. The van der Waals surface area contributed by atoms with Crippen LogP contribution in [-0.4, -0.2) is 15.6 Å². The first-order valence-electron chi connectivity index (χ1n) is 6.85. The van der Waals surface area contributed by atoms with Crippen molar-refractivity contribution in [2.24, 2.45) is 0 Å². The van der Waals surface area contributed by atoms with E-state index in [4.69, 9.17) is 11.6 Å². The molecule has 21 heavy (non-hydrogen) atoms. The topological polar surface area (TPSA) is 34.9 Å². The number of carbonyl (C=O) groups excluding carboxylic acids is 1. The molecule has 0 atom stereocenters. The fourth-order valence-corrected chi connectivity index (χ4v) is 2.71. The van der Waals surface area contributed by atoms with Crippen molar-refractivity contribution in [3.05, 3.63) is 64.9 Å². The summed E-state index contributed by atoms with van der Waals surface area (Å²) in [5.41, 5.74) is 1.10. The maximum atomic E-state index is 12.9. The van der Waals surface area contributed by atoms with Crippen molar-refractivity contribution >= 4 is 28.2 Å². The maximum absolute atomic E-state index is 12.9. The molecule has 0 saturated carbocycles. The number of hydrogen-bond donors (Lipinski definition) is 0. The molecule has 106 valence electrons. The summed E-state index contributed by atoms with van der Waals surface area (Å²) in [4.78, 5) is 12.9. The van der Waals surface area contributed by atoms with E-state index in [1.165, 1.54) is 6.20 Å². The lowest BCUT2D eigenvalue weighted by molar-refractivity contribution is 0.102. The molecule has 0 aliphatic carbocycles. The van der Waals surface area contributed by atoms with Gasteiger partial charge in [0.2, 0.25) is 5.78 Å². The van der Waals surface area contributed by atoms with Crippen molar-refractivity contribution in [3.8, 4) is 0 Å². The molecule has 0 fully saturated rings. The Morgan fingerprint density at radius 3 is 2.62 bits per heavy atom. The predicted molar refractivity (Wildman–Crippen MR) is 85.0 cm³/mol. The second-order valence-corrected chi connectivity index (χ2v) is 5.64. The molecule has 3 nitrogen and oxygen atoms in total. The van der Waals surface area contributed by atoms with Crippen molar-refractivity contribution in [1.29, 1.82) is 0 Å².